The van der Waals surface area contributed by atoms with Gasteiger partial charge in [-0.3, -0.25) is 9.89 Å². The van der Waals surface area contributed by atoms with Crippen LogP contribution < -0.4 is 5.32 Å². The molecule has 1 aromatic carbocycles. The molecule has 3 heterocycles. The maximum absolute atomic E-state index is 13.7. The second kappa shape index (κ2) is 6.23. The first kappa shape index (κ1) is 16.2. The van der Waals surface area contributed by atoms with Crippen LogP contribution in [-0.2, 0) is 0 Å². The average molecular weight is 353 g/mol. The van der Waals surface area contributed by atoms with Crippen LogP contribution in [0.25, 0.3) is 27.6 Å². The molecule has 26 heavy (non-hydrogen) atoms. The highest BCUT2D eigenvalue weighted by Crippen LogP contribution is 2.31. The summed E-state index contributed by atoms with van der Waals surface area (Å²) in [7, 11) is 0. The molecule has 4 aromatic rings. The van der Waals surface area contributed by atoms with Gasteiger partial charge >= 0.3 is 0 Å². The highest BCUT2D eigenvalue weighted by atomic mass is 19.1. The SMILES string of the molecule is Cc1nc(C(=O)NCCO)ccc1-n1c2ccc(F)cc2c2[nH]ncc21. The Morgan fingerprint density at radius 1 is 1.31 bits per heavy atom. The van der Waals surface area contributed by atoms with Crippen LogP contribution in [0.3, 0.4) is 0 Å². The normalized spacial score (nSPS) is 11.3. The van der Waals surface area contributed by atoms with Crippen molar-refractivity contribution in [2.75, 3.05) is 13.2 Å². The van der Waals surface area contributed by atoms with Crippen LogP contribution in [0.5, 0.6) is 0 Å². The van der Waals surface area contributed by atoms with Crippen LogP contribution in [0.15, 0.2) is 36.5 Å². The van der Waals surface area contributed by atoms with Crippen LogP contribution in [0.1, 0.15) is 16.2 Å². The number of aliphatic hydroxyl groups is 1. The lowest BCUT2D eigenvalue weighted by Gasteiger charge is -2.11. The second-order valence-electron chi connectivity index (χ2n) is 5.91. The van der Waals surface area contributed by atoms with Crippen molar-refractivity contribution < 1.29 is 14.3 Å². The van der Waals surface area contributed by atoms with Crippen molar-refractivity contribution in [2.24, 2.45) is 0 Å². The molecule has 0 unspecified atom stereocenters. The number of carbonyl (C=O) groups is 1. The maximum atomic E-state index is 13.7. The number of aromatic amines is 1. The van der Waals surface area contributed by atoms with Gasteiger partial charge in [0.05, 0.1) is 40.7 Å². The summed E-state index contributed by atoms with van der Waals surface area (Å²) in [6.45, 7) is 1.84. The Balaban J connectivity index is 1.87. The molecule has 0 radical (unpaired) electrons. The fourth-order valence-electron chi connectivity index (χ4n) is 3.12. The number of hydrogen-bond donors (Lipinski definition) is 3. The number of fused-ring (bicyclic) bond motifs is 3. The Labute approximate surface area is 147 Å². The van der Waals surface area contributed by atoms with Crippen molar-refractivity contribution in [1.29, 1.82) is 0 Å². The molecular weight excluding hydrogens is 337 g/mol. The molecule has 0 spiro atoms. The van der Waals surface area contributed by atoms with E-state index in [-0.39, 0.29) is 30.6 Å². The van der Waals surface area contributed by atoms with Gasteiger partial charge in [0, 0.05) is 11.9 Å². The van der Waals surface area contributed by atoms with Crippen LogP contribution >= 0.6 is 0 Å². The van der Waals surface area contributed by atoms with Gasteiger partial charge < -0.3 is 15.0 Å². The minimum absolute atomic E-state index is 0.132. The first-order valence-corrected chi connectivity index (χ1v) is 8.10. The van der Waals surface area contributed by atoms with Gasteiger partial charge in [0.1, 0.15) is 11.5 Å². The summed E-state index contributed by atoms with van der Waals surface area (Å²) in [5.74, 6) is -0.668. The number of aromatic nitrogens is 4. The predicted octanol–water partition coefficient (Wildman–Crippen LogP) is 2.07. The fourth-order valence-corrected chi connectivity index (χ4v) is 3.12. The number of halogens is 1. The van der Waals surface area contributed by atoms with Crippen LogP contribution in [0.2, 0.25) is 0 Å². The molecule has 0 aliphatic heterocycles. The minimum Gasteiger partial charge on any atom is -0.395 e. The van der Waals surface area contributed by atoms with Gasteiger partial charge in [-0.15, -0.1) is 0 Å². The number of pyridine rings is 1. The molecule has 132 valence electrons. The van der Waals surface area contributed by atoms with Crippen molar-refractivity contribution in [3.05, 3.63) is 53.7 Å². The van der Waals surface area contributed by atoms with Crippen molar-refractivity contribution in [3.63, 3.8) is 0 Å². The van der Waals surface area contributed by atoms with Gasteiger partial charge in [0.2, 0.25) is 0 Å². The zero-order valence-electron chi connectivity index (χ0n) is 14.0. The zero-order chi connectivity index (χ0) is 18.3. The van der Waals surface area contributed by atoms with Gasteiger partial charge in [-0.1, -0.05) is 0 Å². The highest BCUT2D eigenvalue weighted by Gasteiger charge is 2.17. The van der Waals surface area contributed by atoms with E-state index in [0.717, 1.165) is 27.6 Å². The zero-order valence-corrected chi connectivity index (χ0v) is 14.0. The first-order chi connectivity index (χ1) is 12.6. The summed E-state index contributed by atoms with van der Waals surface area (Å²) in [4.78, 5) is 16.4. The van der Waals surface area contributed by atoms with Crippen molar-refractivity contribution in [1.82, 2.24) is 25.1 Å². The largest absolute Gasteiger partial charge is 0.395 e. The molecule has 0 aliphatic rings. The van der Waals surface area contributed by atoms with Gasteiger partial charge in [0.25, 0.3) is 5.91 Å². The Bertz CT molecular complexity index is 1130. The van der Waals surface area contributed by atoms with Gasteiger partial charge in [-0.25, -0.2) is 9.37 Å². The molecule has 3 aromatic heterocycles. The smallest absolute Gasteiger partial charge is 0.269 e. The van der Waals surface area contributed by atoms with E-state index in [1.807, 2.05) is 4.57 Å². The standard InChI is InChI=1S/C18H16FN5O2/c1-10-14(5-3-13(22-10)18(26)20-6-7-25)24-15-4-2-11(19)8-12(15)17-16(24)9-21-23-17/h2-5,8-9,25H,6-7H2,1H3,(H,20,26)(H,21,23). The molecule has 3 N–H and O–H groups in total. The topological polar surface area (TPSA) is 95.8 Å². The molecule has 0 aliphatic carbocycles. The summed E-state index contributed by atoms with van der Waals surface area (Å²) in [5.41, 5.74) is 4.04. The van der Waals surface area contributed by atoms with Crippen LogP contribution in [0, 0.1) is 12.7 Å². The van der Waals surface area contributed by atoms with Crippen molar-refractivity contribution in [3.8, 4) is 5.69 Å². The summed E-state index contributed by atoms with van der Waals surface area (Å²) in [6.07, 6.45) is 1.68. The summed E-state index contributed by atoms with van der Waals surface area (Å²) in [6, 6.07) is 8.00. The Morgan fingerprint density at radius 2 is 2.15 bits per heavy atom. The molecule has 1 amide bonds. The van der Waals surface area contributed by atoms with E-state index in [1.54, 1.807) is 31.3 Å². The number of hydrogen-bond acceptors (Lipinski definition) is 4. The molecule has 4 rings (SSSR count). The molecule has 0 bridgehead atoms. The average Bonchev–Trinajstić information content (AvgIpc) is 3.21. The van der Waals surface area contributed by atoms with Crippen LogP contribution in [-0.4, -0.2) is 43.9 Å². The highest BCUT2D eigenvalue weighted by molar-refractivity contribution is 6.07. The van der Waals surface area contributed by atoms with Gasteiger partial charge in [-0.05, 0) is 37.3 Å². The number of rotatable bonds is 4. The fraction of sp³-hybridized carbons (Fsp3) is 0.167. The molecule has 0 saturated heterocycles. The summed E-state index contributed by atoms with van der Waals surface area (Å²) < 4.78 is 15.6. The van der Waals surface area contributed by atoms with Crippen molar-refractivity contribution >= 4 is 27.8 Å². The minimum atomic E-state index is -0.346. The third-order valence-corrected chi connectivity index (χ3v) is 4.26. The number of nitrogens with zero attached hydrogens (tertiary/aromatic N) is 3. The Hall–Kier alpha value is -3.26. The molecular formula is C18H16FN5O2. The molecule has 0 fully saturated rings. The monoisotopic (exact) mass is 353 g/mol. The quantitative estimate of drug-likeness (QED) is 0.523. The third kappa shape index (κ3) is 2.51. The van der Waals surface area contributed by atoms with E-state index in [0.29, 0.717) is 5.69 Å². The number of benzene rings is 1. The van der Waals surface area contributed by atoms with E-state index in [2.05, 4.69) is 20.5 Å². The second-order valence-corrected chi connectivity index (χ2v) is 5.91. The third-order valence-electron chi connectivity index (χ3n) is 4.26. The molecule has 0 atom stereocenters. The van der Waals surface area contributed by atoms with Gasteiger partial charge in [0.15, 0.2) is 0 Å². The first-order valence-electron chi connectivity index (χ1n) is 8.10. The molecule has 7 nitrogen and oxygen atoms in total. The van der Waals surface area contributed by atoms with Crippen molar-refractivity contribution in [2.45, 2.75) is 6.92 Å². The summed E-state index contributed by atoms with van der Waals surface area (Å²) in [5, 5.41) is 19.1. The van der Waals surface area contributed by atoms with E-state index < -0.39 is 0 Å². The summed E-state index contributed by atoms with van der Waals surface area (Å²) >= 11 is 0. The predicted molar refractivity (Wildman–Crippen MR) is 94.8 cm³/mol. The lowest BCUT2D eigenvalue weighted by molar-refractivity contribution is 0.0939. The number of nitrogens with one attached hydrogen (secondary N) is 2. The Morgan fingerprint density at radius 3 is 2.92 bits per heavy atom. The lowest BCUT2D eigenvalue weighted by atomic mass is 10.2. The van der Waals surface area contributed by atoms with E-state index in [9.17, 15) is 9.18 Å². The molecule has 0 saturated carbocycles. The number of carbonyl (C=O) groups excluding carboxylic acids is 1. The maximum Gasteiger partial charge on any atom is 0.269 e. The molecule has 8 heteroatoms. The number of aliphatic hydroxyl groups excluding tert-OH is 1. The lowest BCUT2D eigenvalue weighted by Crippen LogP contribution is -2.27. The number of aryl methyl sites for hydroxylation is 1. The van der Waals surface area contributed by atoms with Gasteiger partial charge in [-0.2, -0.15) is 5.10 Å². The number of amides is 1. The Kier molecular flexibility index (Phi) is 3.89. The van der Waals surface area contributed by atoms with E-state index in [4.69, 9.17) is 5.11 Å². The van der Waals surface area contributed by atoms with E-state index >= 15 is 0 Å². The number of H-pyrrole nitrogens is 1. The van der Waals surface area contributed by atoms with Crippen LogP contribution in [0.4, 0.5) is 4.39 Å². The van der Waals surface area contributed by atoms with E-state index in [1.165, 1.54) is 12.1 Å².